The first-order chi connectivity index (χ1) is 15.6. The minimum Gasteiger partial charge on any atom is -0.486 e. The Hall–Kier alpha value is -3.10. The first kappa shape index (κ1) is 22.1. The maximum atomic E-state index is 12.9. The Kier molecular flexibility index (Phi) is 7.24. The van der Waals surface area contributed by atoms with Gasteiger partial charge in [0.15, 0.2) is 16.6 Å². The predicted octanol–water partition coefficient (Wildman–Crippen LogP) is 3.21. The molecule has 3 aromatic rings. The number of pyridine rings is 1. The molecule has 0 fully saturated rings. The van der Waals surface area contributed by atoms with Gasteiger partial charge in [0.1, 0.15) is 13.2 Å². The van der Waals surface area contributed by atoms with Crippen molar-refractivity contribution in [3.8, 4) is 11.5 Å². The van der Waals surface area contributed by atoms with Crippen molar-refractivity contribution in [1.29, 1.82) is 0 Å². The van der Waals surface area contributed by atoms with Gasteiger partial charge in [-0.1, -0.05) is 30.3 Å². The largest absolute Gasteiger partial charge is 0.486 e. The van der Waals surface area contributed by atoms with E-state index in [9.17, 15) is 4.79 Å². The highest BCUT2D eigenvalue weighted by atomic mass is 32.1. The van der Waals surface area contributed by atoms with Crippen molar-refractivity contribution in [2.45, 2.75) is 19.5 Å². The summed E-state index contributed by atoms with van der Waals surface area (Å²) in [6.07, 6.45) is 0.847. The van der Waals surface area contributed by atoms with Crippen LogP contribution in [0.15, 0.2) is 53.3 Å². The van der Waals surface area contributed by atoms with E-state index in [-0.39, 0.29) is 5.56 Å². The molecule has 8 heteroatoms. The van der Waals surface area contributed by atoms with Gasteiger partial charge in [-0.05, 0) is 36.3 Å². The SMILES string of the molecule is COCCCNC(=S)N(Cc1ccccc1)Cc1cc2cc3c(cc2[nH]c1=O)OCCO3. The summed E-state index contributed by atoms with van der Waals surface area (Å²) in [6.45, 7) is 3.36. The Bertz CT molecular complexity index is 1130. The maximum Gasteiger partial charge on any atom is 0.253 e. The molecule has 32 heavy (non-hydrogen) atoms. The van der Waals surface area contributed by atoms with Crippen molar-refractivity contribution in [3.05, 3.63) is 70.0 Å². The molecule has 0 atom stereocenters. The van der Waals surface area contributed by atoms with Crippen LogP contribution in [-0.2, 0) is 17.8 Å². The molecule has 0 spiro atoms. The van der Waals surface area contributed by atoms with Crippen LogP contribution >= 0.6 is 12.2 Å². The molecule has 0 aliphatic carbocycles. The molecule has 7 nitrogen and oxygen atoms in total. The van der Waals surface area contributed by atoms with Crippen LogP contribution in [0.3, 0.4) is 0 Å². The molecule has 4 rings (SSSR count). The number of aromatic nitrogens is 1. The summed E-state index contributed by atoms with van der Waals surface area (Å²) in [5, 5.41) is 4.78. The highest BCUT2D eigenvalue weighted by Gasteiger charge is 2.17. The Morgan fingerprint density at radius 2 is 1.88 bits per heavy atom. The standard InChI is InChI=1S/C24H27N3O4S/c1-29-9-5-8-25-24(32)27(15-17-6-3-2-4-7-17)16-19-12-18-13-21-22(31-11-10-30-21)14-20(18)26-23(19)28/h2-4,6-7,12-14H,5,8-11,15-16H2,1H3,(H,25,32)(H,26,28). The van der Waals surface area contributed by atoms with Crippen molar-refractivity contribution in [3.63, 3.8) is 0 Å². The smallest absolute Gasteiger partial charge is 0.253 e. The Morgan fingerprint density at radius 3 is 2.62 bits per heavy atom. The molecule has 0 bridgehead atoms. The predicted molar refractivity (Wildman–Crippen MR) is 128 cm³/mol. The van der Waals surface area contributed by atoms with Crippen LogP contribution in [0.4, 0.5) is 0 Å². The van der Waals surface area contributed by atoms with E-state index in [0.29, 0.717) is 61.6 Å². The maximum absolute atomic E-state index is 12.9. The normalized spacial score (nSPS) is 12.5. The minimum atomic E-state index is -0.144. The van der Waals surface area contributed by atoms with Crippen LogP contribution in [0.25, 0.3) is 10.9 Å². The lowest BCUT2D eigenvalue weighted by molar-refractivity contribution is 0.172. The number of hydrogen-bond acceptors (Lipinski definition) is 5. The monoisotopic (exact) mass is 453 g/mol. The third kappa shape index (κ3) is 5.38. The molecule has 2 N–H and O–H groups in total. The van der Waals surface area contributed by atoms with E-state index in [2.05, 4.69) is 22.4 Å². The van der Waals surface area contributed by atoms with E-state index in [4.69, 9.17) is 26.4 Å². The van der Waals surface area contributed by atoms with Gasteiger partial charge in [-0.15, -0.1) is 0 Å². The zero-order valence-corrected chi connectivity index (χ0v) is 18.9. The molecule has 1 aliphatic rings. The second kappa shape index (κ2) is 10.5. The summed E-state index contributed by atoms with van der Waals surface area (Å²) in [7, 11) is 1.68. The van der Waals surface area contributed by atoms with Crippen LogP contribution in [0, 0.1) is 0 Å². The zero-order valence-electron chi connectivity index (χ0n) is 18.1. The molecule has 1 aromatic heterocycles. The second-order valence-corrected chi connectivity index (χ2v) is 8.01. The number of fused-ring (bicyclic) bond motifs is 2. The van der Waals surface area contributed by atoms with E-state index in [1.165, 1.54) is 0 Å². The number of H-pyrrole nitrogens is 1. The lowest BCUT2D eigenvalue weighted by atomic mass is 10.1. The van der Waals surface area contributed by atoms with E-state index in [0.717, 1.165) is 22.9 Å². The highest BCUT2D eigenvalue weighted by Crippen LogP contribution is 2.33. The van der Waals surface area contributed by atoms with Gasteiger partial charge in [0.05, 0.1) is 12.1 Å². The van der Waals surface area contributed by atoms with Gasteiger partial charge < -0.3 is 29.4 Å². The topological polar surface area (TPSA) is 75.8 Å². The summed E-state index contributed by atoms with van der Waals surface area (Å²) >= 11 is 5.67. The average molecular weight is 454 g/mol. The Labute approximate surface area is 192 Å². The van der Waals surface area contributed by atoms with E-state index in [1.807, 2.05) is 41.3 Å². The van der Waals surface area contributed by atoms with Gasteiger partial charge in [-0.25, -0.2) is 0 Å². The molecule has 168 valence electrons. The van der Waals surface area contributed by atoms with Crippen LogP contribution in [0.2, 0.25) is 0 Å². The van der Waals surface area contributed by atoms with E-state index < -0.39 is 0 Å². The van der Waals surface area contributed by atoms with Gasteiger partial charge in [0, 0.05) is 43.8 Å². The first-order valence-corrected chi connectivity index (χ1v) is 11.1. The number of rotatable bonds is 8. The molecular weight excluding hydrogens is 426 g/mol. The summed E-state index contributed by atoms with van der Waals surface area (Å²) in [4.78, 5) is 17.9. The number of benzene rings is 2. The zero-order chi connectivity index (χ0) is 22.3. The van der Waals surface area contributed by atoms with Crippen LogP contribution in [0.5, 0.6) is 11.5 Å². The fourth-order valence-electron chi connectivity index (χ4n) is 3.64. The fraction of sp³-hybridized carbons (Fsp3) is 0.333. The molecule has 0 amide bonds. The van der Waals surface area contributed by atoms with Gasteiger partial charge in [0.25, 0.3) is 5.56 Å². The van der Waals surface area contributed by atoms with Crippen LogP contribution in [0.1, 0.15) is 17.5 Å². The lowest BCUT2D eigenvalue weighted by Gasteiger charge is -2.26. The van der Waals surface area contributed by atoms with Gasteiger partial charge in [-0.2, -0.15) is 0 Å². The summed E-state index contributed by atoms with van der Waals surface area (Å²) < 4.78 is 16.4. The van der Waals surface area contributed by atoms with Gasteiger partial charge >= 0.3 is 0 Å². The summed E-state index contributed by atoms with van der Waals surface area (Å²) in [5.74, 6) is 1.34. The Balaban J connectivity index is 1.59. The fourth-order valence-corrected chi connectivity index (χ4v) is 3.87. The number of methoxy groups -OCH3 is 1. The number of ether oxygens (including phenoxy) is 3. The molecule has 2 heterocycles. The average Bonchev–Trinajstić information content (AvgIpc) is 2.81. The van der Waals surface area contributed by atoms with Crippen LogP contribution in [-0.4, -0.2) is 48.5 Å². The minimum absolute atomic E-state index is 0.144. The summed E-state index contributed by atoms with van der Waals surface area (Å²) in [6, 6.07) is 15.7. The third-order valence-electron chi connectivity index (χ3n) is 5.25. The quantitative estimate of drug-likeness (QED) is 0.401. The van der Waals surface area contributed by atoms with Gasteiger partial charge in [0.2, 0.25) is 0 Å². The van der Waals surface area contributed by atoms with Crippen molar-refractivity contribution in [2.75, 3.05) is 33.5 Å². The Morgan fingerprint density at radius 1 is 1.12 bits per heavy atom. The molecule has 0 saturated heterocycles. The molecule has 0 saturated carbocycles. The summed E-state index contributed by atoms with van der Waals surface area (Å²) in [5.41, 5.74) is 2.32. The third-order valence-corrected chi connectivity index (χ3v) is 5.65. The lowest BCUT2D eigenvalue weighted by Crippen LogP contribution is -2.40. The number of aromatic amines is 1. The number of hydrogen-bond donors (Lipinski definition) is 2. The van der Waals surface area contributed by atoms with Crippen LogP contribution < -0.4 is 20.3 Å². The van der Waals surface area contributed by atoms with E-state index in [1.54, 1.807) is 7.11 Å². The van der Waals surface area contributed by atoms with E-state index >= 15 is 0 Å². The molecule has 2 aromatic carbocycles. The molecule has 0 radical (unpaired) electrons. The number of thiocarbonyl (C=S) groups is 1. The van der Waals surface area contributed by atoms with Crippen molar-refractivity contribution in [2.24, 2.45) is 0 Å². The van der Waals surface area contributed by atoms with Crippen molar-refractivity contribution < 1.29 is 14.2 Å². The molecule has 0 unspecified atom stereocenters. The molecule has 1 aliphatic heterocycles. The number of nitrogens with one attached hydrogen (secondary N) is 2. The van der Waals surface area contributed by atoms with Crippen molar-refractivity contribution >= 4 is 28.2 Å². The van der Waals surface area contributed by atoms with Crippen molar-refractivity contribution in [1.82, 2.24) is 15.2 Å². The molecular formula is C24H27N3O4S. The second-order valence-electron chi connectivity index (χ2n) is 7.63. The van der Waals surface area contributed by atoms with Gasteiger partial charge in [-0.3, -0.25) is 4.79 Å². The highest BCUT2D eigenvalue weighted by molar-refractivity contribution is 7.80. The first-order valence-electron chi connectivity index (χ1n) is 10.7. The number of nitrogens with zero attached hydrogens (tertiary/aromatic N) is 1.